The van der Waals surface area contributed by atoms with E-state index >= 15 is 0 Å². The SMILES string of the molecule is Cn1nc(C(F)(F)F)cc1C(=O)Nc1ncn(Cc2ccc(F)cc2)n1. The average molecular weight is 368 g/mol. The number of hydrogen-bond donors (Lipinski definition) is 1. The molecule has 1 N–H and O–H groups in total. The maximum absolute atomic E-state index is 12.9. The second kappa shape index (κ2) is 6.58. The maximum atomic E-state index is 12.9. The van der Waals surface area contributed by atoms with Crippen molar-refractivity contribution in [2.24, 2.45) is 7.05 Å². The first kappa shape index (κ1) is 17.6. The van der Waals surface area contributed by atoms with Gasteiger partial charge in [-0.1, -0.05) is 12.1 Å². The minimum atomic E-state index is -4.65. The van der Waals surface area contributed by atoms with Crippen molar-refractivity contribution in [3.63, 3.8) is 0 Å². The molecular weight excluding hydrogens is 356 g/mol. The summed E-state index contributed by atoms with van der Waals surface area (Å²) in [4.78, 5) is 16.0. The highest BCUT2D eigenvalue weighted by atomic mass is 19.4. The Balaban J connectivity index is 1.70. The third kappa shape index (κ3) is 3.87. The Bertz CT molecular complexity index is 929. The number of rotatable bonds is 4. The van der Waals surface area contributed by atoms with Crippen molar-refractivity contribution in [2.45, 2.75) is 12.7 Å². The van der Waals surface area contributed by atoms with Gasteiger partial charge in [0.05, 0.1) is 6.54 Å². The molecule has 1 aromatic carbocycles. The number of amides is 1. The van der Waals surface area contributed by atoms with E-state index in [0.29, 0.717) is 6.07 Å². The molecule has 11 heteroatoms. The highest BCUT2D eigenvalue weighted by Crippen LogP contribution is 2.28. The van der Waals surface area contributed by atoms with E-state index in [-0.39, 0.29) is 24.0 Å². The van der Waals surface area contributed by atoms with Crippen molar-refractivity contribution in [3.05, 3.63) is 59.4 Å². The molecule has 0 saturated heterocycles. The molecule has 3 aromatic rings. The lowest BCUT2D eigenvalue weighted by Crippen LogP contribution is -2.17. The predicted molar refractivity (Wildman–Crippen MR) is 81.7 cm³/mol. The summed E-state index contributed by atoms with van der Waals surface area (Å²) in [7, 11) is 1.23. The van der Waals surface area contributed by atoms with Crippen LogP contribution in [-0.2, 0) is 19.8 Å². The summed E-state index contributed by atoms with van der Waals surface area (Å²) in [6.45, 7) is 0.285. The van der Waals surface area contributed by atoms with E-state index in [0.717, 1.165) is 10.2 Å². The second-order valence-corrected chi connectivity index (χ2v) is 5.38. The number of nitrogens with one attached hydrogen (secondary N) is 1. The van der Waals surface area contributed by atoms with Crippen molar-refractivity contribution < 1.29 is 22.4 Å². The van der Waals surface area contributed by atoms with Crippen LogP contribution in [0.2, 0.25) is 0 Å². The van der Waals surface area contributed by atoms with E-state index in [2.05, 4.69) is 20.5 Å². The Hall–Kier alpha value is -3.24. The fourth-order valence-corrected chi connectivity index (χ4v) is 2.19. The van der Waals surface area contributed by atoms with Crippen LogP contribution >= 0.6 is 0 Å². The third-order valence-corrected chi connectivity index (χ3v) is 3.42. The molecule has 0 radical (unpaired) electrons. The van der Waals surface area contributed by atoms with Gasteiger partial charge in [-0.3, -0.25) is 14.8 Å². The second-order valence-electron chi connectivity index (χ2n) is 5.38. The Morgan fingerprint density at radius 2 is 1.88 bits per heavy atom. The van der Waals surface area contributed by atoms with Gasteiger partial charge in [0.2, 0.25) is 5.95 Å². The van der Waals surface area contributed by atoms with Gasteiger partial charge < -0.3 is 0 Å². The first-order valence-corrected chi connectivity index (χ1v) is 7.29. The van der Waals surface area contributed by atoms with Crippen LogP contribution in [-0.4, -0.2) is 30.5 Å². The topological polar surface area (TPSA) is 77.6 Å². The minimum Gasteiger partial charge on any atom is -0.288 e. The first-order chi connectivity index (χ1) is 12.2. The monoisotopic (exact) mass is 368 g/mol. The number of aromatic nitrogens is 5. The molecule has 0 aliphatic carbocycles. The maximum Gasteiger partial charge on any atom is 0.435 e. The minimum absolute atomic E-state index is 0.0770. The molecule has 0 saturated carbocycles. The van der Waals surface area contributed by atoms with Gasteiger partial charge in [-0.15, -0.1) is 5.10 Å². The van der Waals surface area contributed by atoms with E-state index in [1.165, 1.54) is 30.2 Å². The van der Waals surface area contributed by atoms with Gasteiger partial charge in [-0.25, -0.2) is 14.1 Å². The number of alkyl halides is 3. The van der Waals surface area contributed by atoms with Crippen LogP contribution in [0.3, 0.4) is 0 Å². The van der Waals surface area contributed by atoms with Gasteiger partial charge in [0.25, 0.3) is 5.91 Å². The number of benzene rings is 1. The molecule has 0 fully saturated rings. The van der Waals surface area contributed by atoms with Crippen LogP contribution in [0.1, 0.15) is 21.7 Å². The van der Waals surface area contributed by atoms with Crippen LogP contribution in [0, 0.1) is 5.82 Å². The number of hydrogen-bond acceptors (Lipinski definition) is 4. The molecule has 1 amide bonds. The number of carbonyl (C=O) groups excluding carboxylic acids is 1. The normalized spacial score (nSPS) is 11.6. The van der Waals surface area contributed by atoms with Gasteiger partial charge in [-0.05, 0) is 17.7 Å². The predicted octanol–water partition coefficient (Wildman–Crippen LogP) is 2.47. The lowest BCUT2D eigenvalue weighted by atomic mass is 10.2. The van der Waals surface area contributed by atoms with Crippen molar-refractivity contribution in [1.29, 1.82) is 0 Å². The number of carbonyl (C=O) groups is 1. The van der Waals surface area contributed by atoms with E-state index in [1.807, 2.05) is 0 Å². The molecule has 0 unspecified atom stereocenters. The van der Waals surface area contributed by atoms with Crippen molar-refractivity contribution >= 4 is 11.9 Å². The summed E-state index contributed by atoms with van der Waals surface area (Å²) in [5.74, 6) is -1.27. The van der Waals surface area contributed by atoms with E-state index in [4.69, 9.17) is 0 Å². The van der Waals surface area contributed by atoms with Gasteiger partial charge in [0.1, 0.15) is 17.8 Å². The van der Waals surface area contributed by atoms with Crippen LogP contribution in [0.15, 0.2) is 36.7 Å². The standard InChI is InChI=1S/C15H12F4N6O/c1-24-11(6-12(22-24)15(17,18)19)13(26)21-14-20-8-25(23-14)7-9-2-4-10(16)5-3-9/h2-6,8H,7H2,1H3,(H,21,23,26). The highest BCUT2D eigenvalue weighted by molar-refractivity contribution is 6.02. The van der Waals surface area contributed by atoms with Crippen LogP contribution < -0.4 is 5.32 Å². The van der Waals surface area contributed by atoms with Crippen molar-refractivity contribution in [3.8, 4) is 0 Å². The number of aryl methyl sites for hydroxylation is 1. The summed E-state index contributed by atoms with van der Waals surface area (Å²) in [6, 6.07) is 6.39. The molecule has 136 valence electrons. The zero-order chi connectivity index (χ0) is 18.9. The van der Waals surface area contributed by atoms with E-state index in [1.54, 1.807) is 12.1 Å². The zero-order valence-corrected chi connectivity index (χ0v) is 13.3. The highest BCUT2D eigenvalue weighted by Gasteiger charge is 2.35. The molecule has 26 heavy (non-hydrogen) atoms. The van der Waals surface area contributed by atoms with Crippen LogP contribution in [0.5, 0.6) is 0 Å². The number of anilines is 1. The number of nitrogens with zero attached hydrogens (tertiary/aromatic N) is 5. The van der Waals surface area contributed by atoms with Crippen molar-refractivity contribution in [1.82, 2.24) is 24.5 Å². The van der Waals surface area contributed by atoms with Crippen LogP contribution in [0.25, 0.3) is 0 Å². The molecule has 0 aliphatic heterocycles. The molecule has 0 aliphatic rings. The third-order valence-electron chi connectivity index (χ3n) is 3.42. The number of halogens is 4. The molecule has 0 atom stereocenters. The van der Waals surface area contributed by atoms with Gasteiger partial charge in [0, 0.05) is 13.1 Å². The zero-order valence-electron chi connectivity index (χ0n) is 13.3. The summed E-state index contributed by atoms with van der Waals surface area (Å²) in [6.07, 6.45) is -3.31. The molecule has 2 heterocycles. The smallest absolute Gasteiger partial charge is 0.288 e. The van der Waals surface area contributed by atoms with E-state index < -0.39 is 17.8 Å². The quantitative estimate of drug-likeness (QED) is 0.718. The lowest BCUT2D eigenvalue weighted by molar-refractivity contribution is -0.141. The summed E-state index contributed by atoms with van der Waals surface area (Å²) >= 11 is 0. The molecule has 0 bridgehead atoms. The molecule has 0 spiro atoms. The lowest BCUT2D eigenvalue weighted by Gasteiger charge is -2.02. The first-order valence-electron chi connectivity index (χ1n) is 7.29. The van der Waals surface area contributed by atoms with Gasteiger partial charge >= 0.3 is 6.18 Å². The van der Waals surface area contributed by atoms with Gasteiger partial charge in [0.15, 0.2) is 5.69 Å². The van der Waals surface area contributed by atoms with Gasteiger partial charge in [-0.2, -0.15) is 18.3 Å². The summed E-state index contributed by atoms with van der Waals surface area (Å²) < 4.78 is 53.0. The Labute approximate surface area is 144 Å². The fraction of sp³-hybridized carbons (Fsp3) is 0.200. The molecular formula is C15H12F4N6O. The average Bonchev–Trinajstić information content (AvgIpc) is 3.16. The van der Waals surface area contributed by atoms with Crippen LogP contribution in [0.4, 0.5) is 23.5 Å². The van der Waals surface area contributed by atoms with Crippen molar-refractivity contribution in [2.75, 3.05) is 5.32 Å². The molecule has 2 aromatic heterocycles. The Morgan fingerprint density at radius 1 is 1.19 bits per heavy atom. The van der Waals surface area contributed by atoms with E-state index in [9.17, 15) is 22.4 Å². The largest absolute Gasteiger partial charge is 0.435 e. The Kier molecular flexibility index (Phi) is 4.45. The summed E-state index contributed by atoms with van der Waals surface area (Å²) in [5, 5.41) is 9.58. The fourth-order valence-electron chi connectivity index (χ4n) is 2.19. The molecule has 7 nitrogen and oxygen atoms in total. The molecule has 3 rings (SSSR count). The summed E-state index contributed by atoms with van der Waals surface area (Å²) in [5.41, 5.74) is -0.692. The Morgan fingerprint density at radius 3 is 2.50 bits per heavy atom.